The van der Waals surface area contributed by atoms with Crippen molar-refractivity contribution in [3.05, 3.63) is 40.6 Å². The highest BCUT2D eigenvalue weighted by molar-refractivity contribution is 9.10. The lowest BCUT2D eigenvalue weighted by molar-refractivity contribution is 0.463. The van der Waals surface area contributed by atoms with Gasteiger partial charge in [-0.15, -0.1) is 6.58 Å². The molecule has 0 atom stereocenters. The first kappa shape index (κ1) is 9.26. The summed E-state index contributed by atoms with van der Waals surface area (Å²) < 4.78 is 13.1. The maximum absolute atomic E-state index is 12.8. The summed E-state index contributed by atoms with van der Waals surface area (Å²) in [4.78, 5) is 0. The van der Waals surface area contributed by atoms with Gasteiger partial charge in [0.25, 0.3) is 0 Å². The van der Waals surface area contributed by atoms with Crippen LogP contribution in [0.1, 0.15) is 5.56 Å². The Labute approximate surface area is 78.7 Å². The van der Waals surface area contributed by atoms with Gasteiger partial charge in [-0.3, -0.25) is 0 Å². The first-order valence-electron chi connectivity index (χ1n) is 3.43. The molecule has 3 heteroatoms. The SMILES string of the molecule is C=CCc1cc(F)cc(Br)c1O. The lowest BCUT2D eigenvalue weighted by Crippen LogP contribution is -1.86. The Hall–Kier alpha value is -0.830. The van der Waals surface area contributed by atoms with Gasteiger partial charge >= 0.3 is 0 Å². The summed E-state index contributed by atoms with van der Waals surface area (Å²) >= 11 is 3.04. The molecule has 0 aliphatic heterocycles. The van der Waals surface area contributed by atoms with Crippen molar-refractivity contribution in [1.29, 1.82) is 0 Å². The van der Waals surface area contributed by atoms with Crippen molar-refractivity contribution in [2.24, 2.45) is 0 Å². The molecule has 0 aliphatic rings. The second-order valence-corrected chi connectivity index (χ2v) is 3.24. The number of rotatable bonds is 2. The standard InChI is InChI=1S/C9H8BrFO/c1-2-3-6-4-7(11)5-8(10)9(6)12/h2,4-5,12H,1,3H2. The number of hydrogen-bond donors (Lipinski definition) is 1. The van der Waals surface area contributed by atoms with Gasteiger partial charge in [0.2, 0.25) is 0 Å². The van der Waals surface area contributed by atoms with Crippen molar-refractivity contribution in [2.45, 2.75) is 6.42 Å². The number of hydrogen-bond acceptors (Lipinski definition) is 1. The highest BCUT2D eigenvalue weighted by Crippen LogP contribution is 2.29. The van der Waals surface area contributed by atoms with E-state index in [9.17, 15) is 9.50 Å². The molecule has 0 amide bonds. The van der Waals surface area contributed by atoms with Gasteiger partial charge < -0.3 is 5.11 Å². The maximum atomic E-state index is 12.8. The minimum absolute atomic E-state index is 0.0799. The Morgan fingerprint density at radius 1 is 1.58 bits per heavy atom. The van der Waals surface area contributed by atoms with Crippen LogP contribution in [0.5, 0.6) is 5.75 Å². The molecule has 0 radical (unpaired) electrons. The van der Waals surface area contributed by atoms with E-state index in [-0.39, 0.29) is 11.6 Å². The van der Waals surface area contributed by atoms with Gasteiger partial charge in [-0.05, 0) is 34.5 Å². The molecule has 0 aromatic heterocycles. The summed E-state index contributed by atoms with van der Waals surface area (Å²) in [5.41, 5.74) is 0.539. The topological polar surface area (TPSA) is 20.2 Å². The number of phenolic OH excluding ortho intramolecular Hbond substituents is 1. The summed E-state index contributed by atoms with van der Waals surface area (Å²) in [6, 6.07) is 2.52. The lowest BCUT2D eigenvalue weighted by atomic mass is 10.1. The van der Waals surface area contributed by atoms with Crippen LogP contribution in [-0.2, 0) is 6.42 Å². The predicted octanol–water partition coefficient (Wildman–Crippen LogP) is 3.02. The molecule has 1 rings (SSSR count). The van der Waals surface area contributed by atoms with Crippen molar-refractivity contribution in [3.63, 3.8) is 0 Å². The monoisotopic (exact) mass is 230 g/mol. The molecule has 0 spiro atoms. The smallest absolute Gasteiger partial charge is 0.133 e. The van der Waals surface area contributed by atoms with Crippen LogP contribution < -0.4 is 0 Å². The Morgan fingerprint density at radius 2 is 2.25 bits per heavy atom. The van der Waals surface area contributed by atoms with Crippen LogP contribution in [-0.4, -0.2) is 5.11 Å². The van der Waals surface area contributed by atoms with E-state index in [1.165, 1.54) is 12.1 Å². The second-order valence-electron chi connectivity index (χ2n) is 2.39. The number of phenols is 1. The third-order valence-corrected chi connectivity index (χ3v) is 2.08. The highest BCUT2D eigenvalue weighted by atomic mass is 79.9. The number of aromatic hydroxyl groups is 1. The molecule has 0 fully saturated rings. The third kappa shape index (κ3) is 1.85. The van der Waals surface area contributed by atoms with Gasteiger partial charge in [0.1, 0.15) is 11.6 Å². The van der Waals surface area contributed by atoms with E-state index in [0.717, 1.165) is 0 Å². The molecule has 0 aliphatic carbocycles. The van der Waals surface area contributed by atoms with E-state index in [1.807, 2.05) is 0 Å². The Bertz CT molecular complexity index is 310. The fourth-order valence-electron chi connectivity index (χ4n) is 0.930. The first-order chi connectivity index (χ1) is 5.65. The first-order valence-corrected chi connectivity index (χ1v) is 4.22. The highest BCUT2D eigenvalue weighted by Gasteiger charge is 2.06. The van der Waals surface area contributed by atoms with Crippen LogP contribution in [0.2, 0.25) is 0 Å². The molecule has 1 N–H and O–H groups in total. The van der Waals surface area contributed by atoms with Crippen molar-refractivity contribution in [1.82, 2.24) is 0 Å². The van der Waals surface area contributed by atoms with Crippen LogP contribution in [0.25, 0.3) is 0 Å². The van der Waals surface area contributed by atoms with Gasteiger partial charge in [0.15, 0.2) is 0 Å². The Kier molecular flexibility index (Phi) is 2.87. The van der Waals surface area contributed by atoms with Gasteiger partial charge in [0.05, 0.1) is 4.47 Å². The molecular formula is C9H8BrFO. The minimum Gasteiger partial charge on any atom is -0.506 e. The average Bonchev–Trinajstić information content (AvgIpc) is 2.00. The van der Waals surface area contributed by atoms with Gasteiger partial charge in [-0.25, -0.2) is 4.39 Å². The van der Waals surface area contributed by atoms with E-state index in [2.05, 4.69) is 22.5 Å². The Balaban J connectivity index is 3.17. The van der Waals surface area contributed by atoms with Crippen LogP contribution in [0, 0.1) is 5.82 Å². The molecule has 64 valence electrons. The summed E-state index contributed by atoms with van der Waals surface area (Å²) in [7, 11) is 0. The second kappa shape index (κ2) is 3.72. The summed E-state index contributed by atoms with van der Waals surface area (Å²) in [5.74, 6) is -0.284. The van der Waals surface area contributed by atoms with E-state index >= 15 is 0 Å². The molecule has 1 nitrogen and oxygen atoms in total. The normalized spacial score (nSPS) is 9.83. The molecule has 0 saturated carbocycles. The lowest BCUT2D eigenvalue weighted by Gasteiger charge is -2.03. The average molecular weight is 231 g/mol. The van der Waals surface area contributed by atoms with Gasteiger partial charge in [-0.2, -0.15) is 0 Å². The molecule has 12 heavy (non-hydrogen) atoms. The molecular weight excluding hydrogens is 223 g/mol. The summed E-state index contributed by atoms with van der Waals surface area (Å²) in [6.45, 7) is 3.51. The van der Waals surface area contributed by atoms with E-state index in [1.54, 1.807) is 6.08 Å². The van der Waals surface area contributed by atoms with Crippen LogP contribution in [0.4, 0.5) is 4.39 Å². The third-order valence-electron chi connectivity index (χ3n) is 1.47. The van der Waals surface area contributed by atoms with Gasteiger partial charge in [0, 0.05) is 5.56 Å². The molecule has 0 unspecified atom stereocenters. The molecule has 0 heterocycles. The van der Waals surface area contributed by atoms with Crippen LogP contribution in [0.3, 0.4) is 0 Å². The maximum Gasteiger partial charge on any atom is 0.133 e. The zero-order valence-electron chi connectivity index (χ0n) is 6.35. The van der Waals surface area contributed by atoms with Crippen molar-refractivity contribution >= 4 is 15.9 Å². The molecule has 0 bridgehead atoms. The number of halogens is 2. The van der Waals surface area contributed by atoms with Crippen LogP contribution >= 0.6 is 15.9 Å². The molecule has 1 aromatic rings. The Morgan fingerprint density at radius 3 is 2.83 bits per heavy atom. The fourth-order valence-corrected chi connectivity index (χ4v) is 1.40. The quantitative estimate of drug-likeness (QED) is 0.775. The van der Waals surface area contributed by atoms with Crippen LogP contribution in [0.15, 0.2) is 29.3 Å². The zero-order chi connectivity index (χ0) is 9.14. The van der Waals surface area contributed by atoms with Crippen molar-refractivity contribution < 1.29 is 9.50 Å². The van der Waals surface area contributed by atoms with Gasteiger partial charge in [-0.1, -0.05) is 6.08 Å². The van der Waals surface area contributed by atoms with E-state index < -0.39 is 0 Å². The zero-order valence-corrected chi connectivity index (χ0v) is 7.94. The largest absolute Gasteiger partial charge is 0.506 e. The summed E-state index contributed by atoms with van der Waals surface area (Å²) in [6.07, 6.45) is 2.07. The number of benzene rings is 1. The van der Waals surface area contributed by atoms with Crippen molar-refractivity contribution in [2.75, 3.05) is 0 Å². The fraction of sp³-hybridized carbons (Fsp3) is 0.111. The number of allylic oxidation sites excluding steroid dienone is 1. The van der Waals surface area contributed by atoms with E-state index in [0.29, 0.717) is 16.5 Å². The van der Waals surface area contributed by atoms with E-state index in [4.69, 9.17) is 0 Å². The minimum atomic E-state index is -0.364. The van der Waals surface area contributed by atoms with Crippen molar-refractivity contribution in [3.8, 4) is 5.75 Å². The molecule has 1 aromatic carbocycles. The summed E-state index contributed by atoms with van der Waals surface area (Å²) in [5, 5.41) is 9.39. The predicted molar refractivity (Wildman–Crippen MR) is 49.7 cm³/mol. The molecule has 0 saturated heterocycles.